The molecule has 0 saturated heterocycles. The molecule has 6 heteroatoms. The smallest absolute Gasteiger partial charge is 0.291 e. The maximum Gasteiger partial charge on any atom is 0.291 e. The summed E-state index contributed by atoms with van der Waals surface area (Å²) < 4.78 is 0. The van der Waals surface area contributed by atoms with Gasteiger partial charge < -0.3 is 10.4 Å². The van der Waals surface area contributed by atoms with Crippen LogP contribution in [-0.2, 0) is 6.42 Å². The van der Waals surface area contributed by atoms with Gasteiger partial charge in [-0.2, -0.15) is 0 Å². The number of carbonyl (C=O) groups is 1. The molecular weight excluding hydrogens is 220 g/mol. The molecule has 0 atom stereocenters. The van der Waals surface area contributed by atoms with E-state index in [9.17, 15) is 9.90 Å². The molecule has 3 N–H and O–H groups in total. The second-order valence-electron chi connectivity index (χ2n) is 4.56. The van der Waals surface area contributed by atoms with Crippen LogP contribution >= 0.6 is 0 Å². The topological polar surface area (TPSA) is 90.9 Å². The summed E-state index contributed by atoms with van der Waals surface area (Å²) >= 11 is 0. The minimum atomic E-state index is -0.468. The summed E-state index contributed by atoms with van der Waals surface area (Å²) in [5.41, 5.74) is -0.468. The molecule has 0 aromatic carbocycles. The summed E-state index contributed by atoms with van der Waals surface area (Å²) in [6.07, 6.45) is 4.43. The van der Waals surface area contributed by atoms with E-state index in [1.54, 1.807) is 0 Å². The minimum Gasteiger partial charge on any atom is -0.394 e. The van der Waals surface area contributed by atoms with Crippen LogP contribution in [0.1, 0.15) is 49.1 Å². The normalized spacial score (nSPS) is 18.2. The van der Waals surface area contributed by atoms with E-state index >= 15 is 0 Å². The van der Waals surface area contributed by atoms with E-state index in [4.69, 9.17) is 0 Å². The predicted molar refractivity (Wildman–Crippen MR) is 61.5 cm³/mol. The Balaban J connectivity index is 2.05. The maximum atomic E-state index is 11.9. The number of hydrogen-bond acceptors (Lipinski definition) is 4. The lowest BCUT2D eigenvalue weighted by atomic mass is 9.99. The molecule has 0 spiro atoms. The van der Waals surface area contributed by atoms with E-state index in [-0.39, 0.29) is 18.3 Å². The number of H-pyrrole nitrogens is 1. The van der Waals surface area contributed by atoms with E-state index in [0.29, 0.717) is 12.2 Å². The SMILES string of the molecule is CCc1nc(C(=O)NC2(CO)CCCC2)n[nH]1. The fraction of sp³-hybridized carbons (Fsp3) is 0.727. The number of aliphatic hydroxyl groups excluding tert-OH is 1. The van der Waals surface area contributed by atoms with Crippen LogP contribution < -0.4 is 5.32 Å². The zero-order valence-electron chi connectivity index (χ0n) is 9.99. The first kappa shape index (κ1) is 12.0. The standard InChI is InChI=1S/C11H18N4O2/c1-2-8-12-9(15-14-8)10(17)13-11(7-16)5-3-4-6-11/h16H,2-7H2,1H3,(H,13,17)(H,12,14,15). The van der Waals surface area contributed by atoms with Crippen molar-refractivity contribution in [2.45, 2.75) is 44.6 Å². The summed E-state index contributed by atoms with van der Waals surface area (Å²) in [5.74, 6) is 0.540. The summed E-state index contributed by atoms with van der Waals surface area (Å²) in [5, 5.41) is 18.8. The van der Waals surface area contributed by atoms with Crippen molar-refractivity contribution in [1.29, 1.82) is 0 Å². The van der Waals surface area contributed by atoms with Crippen molar-refractivity contribution in [2.75, 3.05) is 6.61 Å². The second-order valence-corrected chi connectivity index (χ2v) is 4.56. The first-order chi connectivity index (χ1) is 8.19. The van der Waals surface area contributed by atoms with Crippen LogP contribution in [0, 0.1) is 0 Å². The number of hydrogen-bond donors (Lipinski definition) is 3. The third kappa shape index (κ3) is 2.46. The Hall–Kier alpha value is -1.43. The Labute approximate surface area is 99.8 Å². The van der Waals surface area contributed by atoms with Gasteiger partial charge in [0.15, 0.2) is 0 Å². The molecular formula is C11H18N4O2. The van der Waals surface area contributed by atoms with Crippen LogP contribution in [0.3, 0.4) is 0 Å². The van der Waals surface area contributed by atoms with Crippen molar-refractivity contribution in [2.24, 2.45) is 0 Å². The molecule has 1 saturated carbocycles. The molecule has 1 aliphatic rings. The zero-order chi connectivity index (χ0) is 12.3. The van der Waals surface area contributed by atoms with Crippen molar-refractivity contribution in [1.82, 2.24) is 20.5 Å². The lowest BCUT2D eigenvalue weighted by Crippen LogP contribution is -2.49. The Kier molecular flexibility index (Phi) is 3.42. The molecule has 1 aliphatic carbocycles. The maximum absolute atomic E-state index is 11.9. The Bertz CT molecular complexity index is 396. The zero-order valence-corrected chi connectivity index (χ0v) is 9.99. The number of carbonyl (C=O) groups excluding carboxylic acids is 1. The molecule has 17 heavy (non-hydrogen) atoms. The summed E-state index contributed by atoms with van der Waals surface area (Å²) in [6.45, 7) is 1.91. The number of rotatable bonds is 4. The molecule has 0 radical (unpaired) electrons. The third-order valence-electron chi connectivity index (χ3n) is 3.31. The fourth-order valence-electron chi connectivity index (χ4n) is 2.23. The molecule has 0 unspecified atom stereocenters. The van der Waals surface area contributed by atoms with E-state index in [1.807, 2.05) is 6.92 Å². The highest BCUT2D eigenvalue weighted by molar-refractivity contribution is 5.90. The van der Waals surface area contributed by atoms with Gasteiger partial charge in [0.1, 0.15) is 5.82 Å². The lowest BCUT2D eigenvalue weighted by Gasteiger charge is -2.27. The van der Waals surface area contributed by atoms with Crippen LogP contribution in [0.5, 0.6) is 0 Å². The third-order valence-corrected chi connectivity index (χ3v) is 3.31. The molecule has 1 fully saturated rings. The van der Waals surface area contributed by atoms with Crippen LogP contribution in [-0.4, -0.2) is 38.3 Å². The number of aromatic amines is 1. The Morgan fingerprint density at radius 2 is 2.24 bits per heavy atom. The van der Waals surface area contributed by atoms with Gasteiger partial charge in [-0.05, 0) is 12.8 Å². The number of nitrogens with zero attached hydrogens (tertiary/aromatic N) is 2. The summed E-state index contributed by atoms with van der Waals surface area (Å²) in [7, 11) is 0. The number of aromatic nitrogens is 3. The van der Waals surface area contributed by atoms with E-state index < -0.39 is 5.54 Å². The Morgan fingerprint density at radius 3 is 2.76 bits per heavy atom. The van der Waals surface area contributed by atoms with Crippen LogP contribution in [0.2, 0.25) is 0 Å². The van der Waals surface area contributed by atoms with Gasteiger partial charge in [0.05, 0.1) is 12.1 Å². The molecule has 0 aliphatic heterocycles. The van der Waals surface area contributed by atoms with Gasteiger partial charge in [0.25, 0.3) is 5.91 Å². The van der Waals surface area contributed by atoms with Gasteiger partial charge in [0, 0.05) is 6.42 Å². The van der Waals surface area contributed by atoms with Gasteiger partial charge in [-0.15, -0.1) is 5.10 Å². The van der Waals surface area contributed by atoms with Gasteiger partial charge >= 0.3 is 0 Å². The molecule has 1 heterocycles. The fourth-order valence-corrected chi connectivity index (χ4v) is 2.23. The molecule has 0 bridgehead atoms. The predicted octanol–water partition coefficient (Wildman–Crippen LogP) is 0.402. The highest BCUT2D eigenvalue weighted by atomic mass is 16.3. The second kappa shape index (κ2) is 4.83. The largest absolute Gasteiger partial charge is 0.394 e. The molecule has 94 valence electrons. The molecule has 2 rings (SSSR count). The van der Waals surface area contributed by atoms with Gasteiger partial charge in [-0.3, -0.25) is 9.89 Å². The Morgan fingerprint density at radius 1 is 1.53 bits per heavy atom. The summed E-state index contributed by atoms with van der Waals surface area (Å²) in [6, 6.07) is 0. The van der Waals surface area contributed by atoms with Crippen molar-refractivity contribution in [3.05, 3.63) is 11.6 Å². The van der Waals surface area contributed by atoms with Gasteiger partial charge in [0.2, 0.25) is 5.82 Å². The molecule has 1 aromatic heterocycles. The van der Waals surface area contributed by atoms with Crippen LogP contribution in [0.4, 0.5) is 0 Å². The molecule has 1 aromatic rings. The average Bonchev–Trinajstić information content (AvgIpc) is 2.97. The highest BCUT2D eigenvalue weighted by Crippen LogP contribution is 2.29. The quantitative estimate of drug-likeness (QED) is 0.708. The van der Waals surface area contributed by atoms with Gasteiger partial charge in [-0.1, -0.05) is 19.8 Å². The van der Waals surface area contributed by atoms with Gasteiger partial charge in [-0.25, -0.2) is 4.98 Å². The van der Waals surface area contributed by atoms with Crippen LogP contribution in [0.15, 0.2) is 0 Å². The first-order valence-electron chi connectivity index (χ1n) is 6.04. The van der Waals surface area contributed by atoms with Crippen molar-refractivity contribution < 1.29 is 9.90 Å². The van der Waals surface area contributed by atoms with E-state index in [1.165, 1.54) is 0 Å². The first-order valence-corrected chi connectivity index (χ1v) is 6.04. The minimum absolute atomic E-state index is 0.0240. The highest BCUT2D eigenvalue weighted by Gasteiger charge is 2.35. The number of aliphatic hydroxyl groups is 1. The van der Waals surface area contributed by atoms with Crippen molar-refractivity contribution in [3.63, 3.8) is 0 Å². The van der Waals surface area contributed by atoms with Crippen LogP contribution in [0.25, 0.3) is 0 Å². The number of aryl methyl sites for hydroxylation is 1. The monoisotopic (exact) mass is 238 g/mol. The molecule has 6 nitrogen and oxygen atoms in total. The van der Waals surface area contributed by atoms with E-state index in [0.717, 1.165) is 25.7 Å². The van der Waals surface area contributed by atoms with Crippen molar-refractivity contribution >= 4 is 5.91 Å². The van der Waals surface area contributed by atoms with Crippen molar-refractivity contribution in [3.8, 4) is 0 Å². The lowest BCUT2D eigenvalue weighted by molar-refractivity contribution is 0.0828. The molecule has 1 amide bonds. The number of nitrogens with one attached hydrogen (secondary N) is 2. The van der Waals surface area contributed by atoms with E-state index in [2.05, 4.69) is 20.5 Å². The average molecular weight is 238 g/mol. The number of amides is 1. The summed E-state index contributed by atoms with van der Waals surface area (Å²) in [4.78, 5) is 16.0.